The smallest absolute Gasteiger partial charge is 0.284 e. The molecule has 2 bridgehead atoms. The molecule has 2 heterocycles. The molecule has 1 saturated carbocycles. The molecule has 1 N–H and O–H groups in total. The summed E-state index contributed by atoms with van der Waals surface area (Å²) in [6.07, 6.45) is 9.26. The second kappa shape index (κ2) is 12.2. The average molecular weight is 557 g/mol. The number of aliphatic hydroxyl groups excluding tert-OH is 1. The van der Waals surface area contributed by atoms with Crippen molar-refractivity contribution in [2.24, 2.45) is 22.1 Å². The minimum Gasteiger partial charge on any atom is -0.491 e. The third-order valence-electron chi connectivity index (χ3n) is 8.21. The number of carbonyl (C=O) groups is 1. The molecule has 1 aliphatic carbocycles. The highest BCUT2D eigenvalue weighted by atomic mass is 35.5. The highest BCUT2D eigenvalue weighted by molar-refractivity contribution is 7.75. The fourth-order valence-electron chi connectivity index (χ4n) is 5.66. The molecule has 204 valence electrons. The zero-order valence-electron chi connectivity index (χ0n) is 21.9. The van der Waals surface area contributed by atoms with Crippen LogP contribution in [0.2, 0.25) is 5.02 Å². The van der Waals surface area contributed by atoms with E-state index in [-0.39, 0.29) is 11.7 Å². The first kappa shape index (κ1) is 27.2. The maximum absolute atomic E-state index is 13.1. The summed E-state index contributed by atoms with van der Waals surface area (Å²) in [6, 6.07) is 11.6. The first-order valence-corrected chi connectivity index (χ1v) is 15.5. The fourth-order valence-corrected chi connectivity index (χ4v) is 6.97. The Hall–Kier alpha value is -2.35. The lowest BCUT2D eigenvalue weighted by Crippen LogP contribution is -2.38. The van der Waals surface area contributed by atoms with E-state index < -0.39 is 22.6 Å². The van der Waals surface area contributed by atoms with Crippen molar-refractivity contribution in [2.45, 2.75) is 58.1 Å². The van der Waals surface area contributed by atoms with Gasteiger partial charge in [-0.15, -0.1) is 0 Å². The van der Waals surface area contributed by atoms with E-state index in [0.29, 0.717) is 30.6 Å². The minimum absolute atomic E-state index is 0.165. The van der Waals surface area contributed by atoms with Crippen LogP contribution in [0, 0.1) is 17.8 Å². The molecule has 6 nitrogen and oxygen atoms in total. The number of carbonyl (C=O) groups excluding carboxylic acids is 1. The zero-order valence-corrected chi connectivity index (χ0v) is 23.5. The van der Waals surface area contributed by atoms with Gasteiger partial charge in [-0.05, 0) is 97.7 Å². The van der Waals surface area contributed by atoms with Gasteiger partial charge in [0.25, 0.3) is 5.91 Å². The van der Waals surface area contributed by atoms with Crippen molar-refractivity contribution in [3.63, 3.8) is 0 Å². The van der Waals surface area contributed by atoms with Gasteiger partial charge >= 0.3 is 0 Å². The molecule has 0 saturated heterocycles. The van der Waals surface area contributed by atoms with E-state index >= 15 is 0 Å². The van der Waals surface area contributed by atoms with E-state index in [1.165, 1.54) is 11.1 Å². The number of anilines is 1. The topological polar surface area (TPSA) is 79.2 Å². The number of allylic oxidation sites excluding steroid dienone is 1. The second-order valence-corrected chi connectivity index (χ2v) is 12.7. The highest BCUT2D eigenvalue weighted by Gasteiger charge is 2.33. The maximum atomic E-state index is 13.1. The van der Waals surface area contributed by atoms with Gasteiger partial charge in [-0.3, -0.25) is 9.00 Å². The van der Waals surface area contributed by atoms with Crippen molar-refractivity contribution >= 4 is 33.8 Å². The number of ether oxygens (including phenoxy) is 1. The van der Waals surface area contributed by atoms with E-state index in [9.17, 15) is 14.1 Å². The normalized spacial score (nSPS) is 29.8. The van der Waals surface area contributed by atoms with Crippen molar-refractivity contribution in [2.75, 3.05) is 23.8 Å². The molecule has 38 heavy (non-hydrogen) atoms. The number of aliphatic hydroxyl groups is 1. The molecule has 5 atom stereocenters. The Balaban J connectivity index is 1.58. The van der Waals surface area contributed by atoms with Gasteiger partial charge in [0.05, 0.1) is 18.4 Å². The molecule has 2 aromatic rings. The molecule has 2 aromatic carbocycles. The summed E-state index contributed by atoms with van der Waals surface area (Å²) in [5.41, 5.74) is 3.76. The molecule has 1 unspecified atom stereocenters. The third kappa shape index (κ3) is 6.44. The minimum atomic E-state index is -2.13. The lowest BCUT2D eigenvalue weighted by Gasteiger charge is -2.41. The van der Waals surface area contributed by atoms with Gasteiger partial charge in [0, 0.05) is 40.0 Å². The molecule has 2 aliphatic heterocycles. The summed E-state index contributed by atoms with van der Waals surface area (Å²) in [4.78, 5) is 15.4. The van der Waals surface area contributed by atoms with Crippen LogP contribution in [0.1, 0.15) is 60.5 Å². The van der Waals surface area contributed by atoms with Crippen molar-refractivity contribution < 1.29 is 18.8 Å². The average Bonchev–Trinajstić information content (AvgIpc) is 2.91. The Labute approximate surface area is 232 Å². The Bertz CT molecular complexity index is 1290. The fraction of sp³-hybridized carbons (Fsp3) is 0.500. The molecule has 8 heteroatoms. The summed E-state index contributed by atoms with van der Waals surface area (Å²) in [6.45, 7) is 3.95. The summed E-state index contributed by atoms with van der Waals surface area (Å²) >= 11 is 6.38. The van der Waals surface area contributed by atoms with E-state index in [1.54, 1.807) is 6.07 Å². The Kier molecular flexibility index (Phi) is 8.76. The van der Waals surface area contributed by atoms with Gasteiger partial charge < -0.3 is 14.7 Å². The van der Waals surface area contributed by atoms with Crippen LogP contribution in [0.3, 0.4) is 0 Å². The molecular weight excluding hydrogens is 520 g/mol. The molecular formula is C30H37ClN2O4S. The number of nitrogens with zero attached hydrogens (tertiary/aromatic N) is 2. The molecule has 5 rings (SSSR count). The largest absolute Gasteiger partial charge is 0.491 e. The summed E-state index contributed by atoms with van der Waals surface area (Å²) in [7, 11) is -2.13. The van der Waals surface area contributed by atoms with Gasteiger partial charge in [-0.2, -0.15) is 4.36 Å². The van der Waals surface area contributed by atoms with Crippen molar-refractivity contribution in [3.05, 3.63) is 70.3 Å². The van der Waals surface area contributed by atoms with E-state index in [4.69, 9.17) is 16.3 Å². The van der Waals surface area contributed by atoms with Gasteiger partial charge in [-0.1, -0.05) is 36.7 Å². The molecule has 1 amide bonds. The van der Waals surface area contributed by atoms with Crippen LogP contribution in [0.4, 0.5) is 5.69 Å². The summed E-state index contributed by atoms with van der Waals surface area (Å²) in [5, 5.41) is 11.3. The number of rotatable bonds is 0. The number of halogens is 1. The standard InChI is InChI=1S/C30H37ClN2O4S/c1-20-19-38(36)32-30(35)23-11-13-29-27(16-23)33(17-24-9-8-21(24)6-4-7-28(20)34)18-25-10-12-26(31)15-22(25)5-2-3-14-37-29/h4,7,10-13,15-16,20-21,24,28,34,38H,2-3,5-6,8-9,14,17-19H2,1H3/b7-4+/t20-,21-,24+,28+/m1/s1. The SMILES string of the molecule is C[C@@H]1C/[SH](=O)=N\C(=O)c2ccc3c(c2)N(Cc2ccc(Cl)cc2CCCCO3)C[C@@H]2CC[C@H]2C/C=C/[C@@H]1O. The van der Waals surface area contributed by atoms with Crippen LogP contribution >= 0.6 is 11.6 Å². The molecule has 1 fully saturated rings. The van der Waals surface area contributed by atoms with Gasteiger partial charge in [0.2, 0.25) is 0 Å². The van der Waals surface area contributed by atoms with E-state index in [0.717, 1.165) is 61.5 Å². The molecule has 0 spiro atoms. The number of fused-ring (bicyclic) bond motifs is 3. The second-order valence-electron chi connectivity index (χ2n) is 11.0. The third-order valence-corrected chi connectivity index (χ3v) is 9.73. The van der Waals surface area contributed by atoms with Crippen molar-refractivity contribution in [1.29, 1.82) is 0 Å². The lowest BCUT2D eigenvalue weighted by atomic mass is 9.71. The molecule has 0 radical (unpaired) electrons. The van der Waals surface area contributed by atoms with Gasteiger partial charge in [0.1, 0.15) is 5.75 Å². The number of aryl methyl sites for hydroxylation is 1. The quantitative estimate of drug-likeness (QED) is 0.314. The van der Waals surface area contributed by atoms with Crippen molar-refractivity contribution in [1.82, 2.24) is 0 Å². The summed E-state index contributed by atoms with van der Waals surface area (Å²) in [5.74, 6) is 1.21. The van der Waals surface area contributed by atoms with Crippen LogP contribution in [0.5, 0.6) is 5.75 Å². The van der Waals surface area contributed by atoms with E-state index in [1.807, 2.05) is 31.2 Å². The zero-order chi connectivity index (χ0) is 26.6. The van der Waals surface area contributed by atoms with Crippen LogP contribution in [-0.2, 0) is 23.6 Å². The number of hydrogen-bond donors (Lipinski definition) is 2. The highest BCUT2D eigenvalue weighted by Crippen LogP contribution is 2.41. The first-order valence-electron chi connectivity index (χ1n) is 13.7. The Morgan fingerprint density at radius 2 is 1.95 bits per heavy atom. The number of amides is 1. The maximum Gasteiger partial charge on any atom is 0.284 e. The number of benzene rings is 2. The Morgan fingerprint density at radius 3 is 2.76 bits per heavy atom. The number of hydrogen-bond acceptors (Lipinski definition) is 5. The van der Waals surface area contributed by atoms with Gasteiger partial charge in [-0.25, -0.2) is 0 Å². The van der Waals surface area contributed by atoms with E-state index in [2.05, 4.69) is 27.5 Å². The molecule has 3 aliphatic rings. The van der Waals surface area contributed by atoms with Crippen LogP contribution in [-0.4, -0.2) is 40.2 Å². The van der Waals surface area contributed by atoms with Crippen LogP contribution in [0.15, 0.2) is 52.9 Å². The monoisotopic (exact) mass is 556 g/mol. The van der Waals surface area contributed by atoms with Crippen LogP contribution in [0.25, 0.3) is 0 Å². The summed E-state index contributed by atoms with van der Waals surface area (Å²) < 4.78 is 23.0. The van der Waals surface area contributed by atoms with Crippen LogP contribution < -0.4 is 9.64 Å². The van der Waals surface area contributed by atoms with Gasteiger partial charge in [0.15, 0.2) is 0 Å². The van der Waals surface area contributed by atoms with Crippen molar-refractivity contribution in [3.8, 4) is 5.75 Å². The first-order chi connectivity index (χ1) is 18.4. The molecule has 0 aromatic heterocycles. The number of thiol groups is 1. The Morgan fingerprint density at radius 1 is 1.11 bits per heavy atom. The predicted octanol–water partition coefficient (Wildman–Crippen LogP) is 5.85. The lowest BCUT2D eigenvalue weighted by molar-refractivity contribution is 0.100. The predicted molar refractivity (Wildman–Crippen MR) is 154 cm³/mol.